The fourth-order valence-electron chi connectivity index (χ4n) is 1.44. The van der Waals surface area contributed by atoms with Crippen molar-refractivity contribution in [2.75, 3.05) is 7.05 Å². The van der Waals surface area contributed by atoms with Crippen molar-refractivity contribution in [3.05, 3.63) is 35.6 Å². The second-order valence-electron chi connectivity index (χ2n) is 3.24. The molecule has 0 bridgehead atoms. The van der Waals surface area contributed by atoms with Crippen molar-refractivity contribution in [3.8, 4) is 0 Å². The zero-order valence-electron chi connectivity index (χ0n) is 8.14. The fourth-order valence-corrected chi connectivity index (χ4v) is 1.68. The highest BCUT2D eigenvalue weighted by Gasteiger charge is 2.24. The van der Waals surface area contributed by atoms with Gasteiger partial charge < -0.3 is 4.90 Å². The van der Waals surface area contributed by atoms with E-state index < -0.39 is 0 Å². The van der Waals surface area contributed by atoms with Gasteiger partial charge in [-0.2, -0.15) is 5.10 Å². The molecular weight excluding hydrogens is 213 g/mol. The first-order valence-electron chi connectivity index (χ1n) is 4.50. The summed E-state index contributed by atoms with van der Waals surface area (Å²) in [6.07, 6.45) is -0.144. The third-order valence-corrected chi connectivity index (χ3v) is 2.56. The molecule has 1 aliphatic rings. The molecule has 0 saturated carbocycles. The van der Waals surface area contributed by atoms with Crippen molar-refractivity contribution < 1.29 is 4.39 Å². The summed E-state index contributed by atoms with van der Waals surface area (Å²) in [7, 11) is 1.82. The molecule has 78 valence electrons. The molecule has 0 spiro atoms. The first-order chi connectivity index (χ1) is 7.24. The molecule has 1 aromatic carbocycles. The second-order valence-corrected chi connectivity index (χ2v) is 3.51. The highest BCUT2D eigenvalue weighted by Crippen LogP contribution is 2.14. The Kier molecular flexibility index (Phi) is 2.64. The van der Waals surface area contributed by atoms with Gasteiger partial charge in [0.25, 0.3) is 0 Å². The molecule has 0 aromatic heterocycles. The summed E-state index contributed by atoms with van der Waals surface area (Å²) in [5, 5.41) is 5.61. The van der Waals surface area contributed by atoms with E-state index in [1.165, 1.54) is 6.07 Å². The number of nitrogens with zero attached hydrogens (tertiary/aromatic N) is 2. The summed E-state index contributed by atoms with van der Waals surface area (Å²) >= 11 is 4.83. The maximum absolute atomic E-state index is 13.5. The minimum absolute atomic E-state index is 0.144. The predicted molar refractivity (Wildman–Crippen MR) is 61.3 cm³/mol. The number of benzene rings is 1. The molecule has 0 amide bonds. The van der Waals surface area contributed by atoms with E-state index in [-0.39, 0.29) is 12.0 Å². The zero-order chi connectivity index (χ0) is 10.8. The van der Waals surface area contributed by atoms with Gasteiger partial charge in [0.05, 0.1) is 5.56 Å². The van der Waals surface area contributed by atoms with Crippen molar-refractivity contribution in [3.63, 3.8) is 0 Å². The van der Waals surface area contributed by atoms with E-state index in [0.717, 1.165) is 0 Å². The largest absolute Gasteiger partial charge is 0.332 e. The van der Waals surface area contributed by atoms with Crippen LogP contribution in [0.4, 0.5) is 4.39 Å². The standard InChI is InChI=1S/C10H10FN3S/c1-14-9(6-15)12-13-10(14)7-4-2-3-5-8(7)11/h2-6,9,12H,1H3. The summed E-state index contributed by atoms with van der Waals surface area (Å²) in [5.74, 6) is 0.286. The number of nitrogens with one attached hydrogen (secondary N) is 1. The lowest BCUT2D eigenvalue weighted by atomic mass is 10.2. The first-order valence-corrected chi connectivity index (χ1v) is 4.97. The molecule has 1 N–H and O–H groups in total. The quantitative estimate of drug-likeness (QED) is 0.767. The first kappa shape index (κ1) is 10.0. The van der Waals surface area contributed by atoms with Crippen molar-refractivity contribution in [2.24, 2.45) is 5.10 Å². The Bertz CT molecular complexity index is 419. The van der Waals surface area contributed by atoms with Crippen molar-refractivity contribution in [2.45, 2.75) is 6.17 Å². The molecule has 1 aromatic rings. The van der Waals surface area contributed by atoms with Crippen LogP contribution < -0.4 is 5.43 Å². The van der Waals surface area contributed by atoms with Gasteiger partial charge in [0.15, 0.2) is 5.84 Å². The molecule has 1 atom stereocenters. The van der Waals surface area contributed by atoms with E-state index >= 15 is 0 Å². The van der Waals surface area contributed by atoms with Crippen molar-refractivity contribution in [1.29, 1.82) is 0 Å². The van der Waals surface area contributed by atoms with Crippen LogP contribution in [0.1, 0.15) is 5.56 Å². The summed E-state index contributed by atoms with van der Waals surface area (Å²) in [5.41, 5.74) is 3.30. The number of hydrogen-bond acceptors (Lipinski definition) is 4. The topological polar surface area (TPSA) is 27.6 Å². The van der Waals surface area contributed by atoms with Gasteiger partial charge in [-0.15, -0.1) is 0 Å². The van der Waals surface area contributed by atoms with E-state index in [2.05, 4.69) is 10.5 Å². The smallest absolute Gasteiger partial charge is 0.160 e. The Balaban J connectivity index is 2.34. The molecule has 15 heavy (non-hydrogen) atoms. The molecule has 1 unspecified atom stereocenters. The minimum Gasteiger partial charge on any atom is -0.332 e. The third-order valence-electron chi connectivity index (χ3n) is 2.30. The Morgan fingerprint density at radius 2 is 2.27 bits per heavy atom. The molecule has 0 aliphatic carbocycles. The van der Waals surface area contributed by atoms with E-state index in [1.807, 2.05) is 7.05 Å². The highest BCUT2D eigenvalue weighted by molar-refractivity contribution is 7.79. The Morgan fingerprint density at radius 3 is 2.87 bits per heavy atom. The van der Waals surface area contributed by atoms with Gasteiger partial charge in [-0.05, 0) is 12.1 Å². The summed E-state index contributed by atoms with van der Waals surface area (Å²) in [6.45, 7) is 0. The van der Waals surface area contributed by atoms with Gasteiger partial charge in [0.2, 0.25) is 0 Å². The summed E-state index contributed by atoms with van der Waals surface area (Å²) in [6, 6.07) is 6.53. The van der Waals surface area contributed by atoms with Crippen LogP contribution in [0.2, 0.25) is 0 Å². The Labute approximate surface area is 92.6 Å². The predicted octanol–water partition coefficient (Wildman–Crippen LogP) is 1.35. The average molecular weight is 223 g/mol. The average Bonchev–Trinajstić information content (AvgIpc) is 2.60. The summed E-state index contributed by atoms with van der Waals surface area (Å²) < 4.78 is 13.5. The normalized spacial score (nSPS) is 19.7. The van der Waals surface area contributed by atoms with Gasteiger partial charge >= 0.3 is 0 Å². The van der Waals surface area contributed by atoms with Gasteiger partial charge in [-0.3, -0.25) is 5.43 Å². The van der Waals surface area contributed by atoms with E-state index in [9.17, 15) is 4.39 Å². The summed E-state index contributed by atoms with van der Waals surface area (Å²) in [4.78, 5) is 1.80. The van der Waals surface area contributed by atoms with Crippen LogP contribution in [-0.4, -0.2) is 29.3 Å². The number of amidine groups is 1. The van der Waals surface area contributed by atoms with Gasteiger partial charge in [0.1, 0.15) is 12.0 Å². The van der Waals surface area contributed by atoms with E-state index in [0.29, 0.717) is 11.4 Å². The lowest BCUT2D eigenvalue weighted by Crippen LogP contribution is -2.38. The molecule has 0 saturated heterocycles. The van der Waals surface area contributed by atoms with Crippen molar-refractivity contribution >= 4 is 23.4 Å². The number of hydrogen-bond donors (Lipinski definition) is 1. The molecule has 3 nitrogen and oxygen atoms in total. The molecular formula is C10H10FN3S. The molecule has 2 rings (SSSR count). The van der Waals surface area contributed by atoms with E-state index in [1.54, 1.807) is 28.5 Å². The van der Waals surface area contributed by atoms with Crippen LogP contribution in [0, 0.1) is 5.82 Å². The minimum atomic E-state index is -0.282. The maximum Gasteiger partial charge on any atom is 0.160 e. The highest BCUT2D eigenvalue weighted by atomic mass is 32.1. The van der Waals surface area contributed by atoms with Crippen LogP contribution >= 0.6 is 12.2 Å². The van der Waals surface area contributed by atoms with Crippen LogP contribution in [0.25, 0.3) is 0 Å². The lowest BCUT2D eigenvalue weighted by molar-refractivity contribution is 0.445. The Morgan fingerprint density at radius 1 is 1.53 bits per heavy atom. The molecule has 5 heteroatoms. The lowest BCUT2D eigenvalue weighted by Gasteiger charge is -2.18. The number of hydrazone groups is 1. The van der Waals surface area contributed by atoms with Crippen LogP contribution in [-0.2, 0) is 0 Å². The molecule has 1 heterocycles. The molecule has 0 radical (unpaired) electrons. The molecule has 0 fully saturated rings. The van der Waals surface area contributed by atoms with Crippen LogP contribution in [0.3, 0.4) is 0 Å². The van der Waals surface area contributed by atoms with Gasteiger partial charge in [-0.25, -0.2) is 4.39 Å². The number of halogens is 1. The second kappa shape index (κ2) is 3.94. The van der Waals surface area contributed by atoms with Gasteiger partial charge in [0, 0.05) is 12.4 Å². The number of thiocarbonyl (C=S) groups is 1. The Hall–Kier alpha value is -1.49. The van der Waals surface area contributed by atoms with E-state index in [4.69, 9.17) is 12.2 Å². The monoisotopic (exact) mass is 223 g/mol. The van der Waals surface area contributed by atoms with Crippen molar-refractivity contribution in [1.82, 2.24) is 10.3 Å². The maximum atomic E-state index is 13.5. The van der Waals surface area contributed by atoms with Crippen LogP contribution in [0.5, 0.6) is 0 Å². The van der Waals surface area contributed by atoms with Crippen LogP contribution in [0.15, 0.2) is 29.4 Å². The number of rotatable bonds is 2. The fraction of sp³-hybridized carbons (Fsp3) is 0.200. The third kappa shape index (κ3) is 1.70. The molecule has 1 aliphatic heterocycles. The SMILES string of the molecule is CN1C(c2ccccc2F)=NNC1C=S. The van der Waals surface area contributed by atoms with Gasteiger partial charge in [-0.1, -0.05) is 24.4 Å². The zero-order valence-corrected chi connectivity index (χ0v) is 8.96.